The monoisotopic (exact) mass is 1670 g/mol. The van der Waals surface area contributed by atoms with Gasteiger partial charge in [0.1, 0.15) is 29.1 Å². The quantitative estimate of drug-likeness (QED) is 0.0215. The maximum Gasteiger partial charge on any atom is 1.00 e. The molecule has 4 fully saturated rings. The molecule has 28 nitrogen and oxygen atoms in total. The third-order valence-corrected chi connectivity index (χ3v) is 19.7. The van der Waals surface area contributed by atoms with Crippen molar-refractivity contribution in [3.63, 3.8) is 0 Å². The van der Waals surface area contributed by atoms with E-state index in [1.807, 2.05) is 127 Å². The normalized spacial score (nSPS) is 13.5. The van der Waals surface area contributed by atoms with Gasteiger partial charge in [0.05, 0.1) is 64.1 Å². The molecule has 16 aromatic rings. The Labute approximate surface area is 754 Å². The predicted molar refractivity (Wildman–Crippen MR) is 478 cm³/mol. The summed E-state index contributed by atoms with van der Waals surface area (Å²) in [5.41, 5.74) is 19.3. The van der Waals surface area contributed by atoms with Gasteiger partial charge in [-0.2, -0.15) is 20.4 Å². The number of rotatable bonds is 9. The van der Waals surface area contributed by atoms with Crippen LogP contribution in [0.1, 0.15) is 87.2 Å². The van der Waals surface area contributed by atoms with Gasteiger partial charge in [0.15, 0.2) is 17.4 Å². The zero-order chi connectivity index (χ0) is 82.7. The maximum absolute atomic E-state index is 11.6. The number of nitrogens with one attached hydrogen (secondary N) is 9. The van der Waals surface area contributed by atoms with Crippen molar-refractivity contribution in [3.05, 3.63) is 216 Å². The number of benzene rings is 8. The van der Waals surface area contributed by atoms with E-state index in [0.29, 0.717) is 11.1 Å². The van der Waals surface area contributed by atoms with Crippen LogP contribution >= 0.6 is 0 Å². The van der Waals surface area contributed by atoms with Crippen LogP contribution in [-0.4, -0.2) is 236 Å². The number of likely N-dealkylation sites (N-methyl/N-ethyl adjacent to an activating group) is 2. The summed E-state index contributed by atoms with van der Waals surface area (Å²) in [5.74, 6) is -2.08. The molecule has 0 amide bonds. The molecular weight excluding hydrogens is 1560 g/mol. The van der Waals surface area contributed by atoms with Crippen molar-refractivity contribution in [3.8, 4) is 45.6 Å². The first-order chi connectivity index (χ1) is 57.5. The number of nitrogens with zero attached hydrogens (tertiary/aromatic N) is 7. The van der Waals surface area contributed by atoms with Crippen LogP contribution in [-0.2, 0) is 56.2 Å². The van der Waals surface area contributed by atoms with E-state index in [1.165, 1.54) is 63.8 Å². The molecule has 122 heavy (non-hydrogen) atoms. The fourth-order valence-corrected chi connectivity index (χ4v) is 13.5. The van der Waals surface area contributed by atoms with Crippen LogP contribution in [0.15, 0.2) is 194 Å². The van der Waals surface area contributed by atoms with Crippen LogP contribution < -0.4 is 53.7 Å². The number of methoxy groups -OCH3 is 1. The Kier molecular flexibility index (Phi) is 38.7. The third-order valence-electron chi connectivity index (χ3n) is 19.7. The number of hydrogen-bond acceptors (Lipinski definition) is 20. The molecule has 12 heterocycles. The number of H-pyrrole nitrogens is 8. The molecule has 0 aliphatic carbocycles. The Hall–Kier alpha value is -10.7. The summed E-state index contributed by atoms with van der Waals surface area (Å²) >= 11 is 0. The molecule has 32 heteroatoms. The van der Waals surface area contributed by atoms with Gasteiger partial charge in [-0.15, -0.1) is 0 Å². The Balaban J connectivity index is 0.000000200. The molecule has 10 N–H and O–H groups in total. The molecule has 0 spiro atoms. The fraction of sp³-hybridized carbons (Fsp3) is 0.278. The standard InChI is InChI=1S/C21H23N5.C17H13N3O2.C16H13N3O.C16H11N3O.C5H12N2.C4H6O4.2C4H8O.C2H3BO2.CH4.Al.Li.Na.4H/c1-25-8-10-26(11-9-25)14-15-6-7-18-16(12-15)13-20(22-18)21-17-4-2-3-5-19(17)23-24-21;1-22-17(21)10-6-7-13-11(8-10)9-15(18-13)16-12-4-2-3-5-14(12)19-20-16;2*20-9-10-5-6-13-11(7-10)8-15(17-13)16-12-3-1-2-4-14(12)18-19-16;1-7-4-2-6-3-5-7;1-3(5)7-8-4(2)6;2*1-2-4-5-3-1;1-2(4)5-3;;;;;;;;/h2-7,12-13,22H,8-11,14H2,1H3,(H,23,24);2-9,18H,1H3,(H,19,20);1-8,17,20H,9H2,(H,18,19);1-9,17H,(H,18,19);6H,2-5H2,1H3;1-2H3;2*1-4H2;1H3;1H4;;;;;;;/q;;;;;;;;-1;;;2*+1;;;;-1. The van der Waals surface area contributed by atoms with Crippen molar-refractivity contribution >= 4 is 143 Å². The van der Waals surface area contributed by atoms with E-state index in [-0.39, 0.29) is 87.2 Å². The van der Waals surface area contributed by atoms with E-state index in [2.05, 4.69) is 172 Å². The summed E-state index contributed by atoms with van der Waals surface area (Å²) < 4.78 is 18.3. The molecule has 0 saturated carbocycles. The number of esters is 1. The number of para-hydroxylation sites is 4. The van der Waals surface area contributed by atoms with Crippen LogP contribution in [0.3, 0.4) is 0 Å². The Morgan fingerprint density at radius 2 is 0.811 bits per heavy atom. The summed E-state index contributed by atoms with van der Waals surface area (Å²) in [7, 11) is 10.1. The summed E-state index contributed by atoms with van der Waals surface area (Å²) in [4.78, 5) is 80.1. The van der Waals surface area contributed by atoms with E-state index in [1.54, 1.807) is 12.1 Å². The minimum Gasteiger partial charge on any atom is -1.00 e. The van der Waals surface area contributed by atoms with E-state index in [4.69, 9.17) is 14.2 Å². The molecule has 0 bridgehead atoms. The molecule has 3 radical (unpaired) electrons. The summed E-state index contributed by atoms with van der Waals surface area (Å²) in [5, 5.41) is 51.0. The van der Waals surface area contributed by atoms with Crippen LogP contribution in [0.2, 0.25) is 0 Å². The Morgan fingerprint density at radius 3 is 1.15 bits per heavy atom. The van der Waals surface area contributed by atoms with Gasteiger partial charge >= 0.3 is 66.3 Å². The molecule has 4 saturated heterocycles. The molecule has 20 rings (SSSR count). The molecule has 8 aromatic carbocycles. The van der Waals surface area contributed by atoms with Crippen LogP contribution in [0, 0.1) is 0 Å². The Morgan fingerprint density at radius 1 is 0.467 bits per heavy atom. The number of carbonyl (C=O) groups is 5. The minimum atomic E-state index is -0.639. The van der Waals surface area contributed by atoms with Crippen molar-refractivity contribution in [1.82, 2.24) is 80.7 Å². The second kappa shape index (κ2) is 48.8. The van der Waals surface area contributed by atoms with Gasteiger partial charge in [-0.3, -0.25) is 34.9 Å². The van der Waals surface area contributed by atoms with Crippen molar-refractivity contribution in [2.24, 2.45) is 0 Å². The number of piperazine rings is 2. The summed E-state index contributed by atoms with van der Waals surface area (Å²) in [6, 6.07) is 64.3. The van der Waals surface area contributed by atoms with E-state index in [0.717, 1.165) is 225 Å². The molecule has 8 aromatic heterocycles. The van der Waals surface area contributed by atoms with Crippen molar-refractivity contribution < 1.29 is 108 Å². The van der Waals surface area contributed by atoms with E-state index < -0.39 is 17.9 Å². The molecule has 4 aliphatic heterocycles. The number of aromatic nitrogens is 12. The van der Waals surface area contributed by atoms with Crippen LogP contribution in [0.5, 0.6) is 0 Å². The number of aliphatic hydroxyl groups excluding tert-OH is 1. The van der Waals surface area contributed by atoms with E-state index >= 15 is 0 Å². The third kappa shape index (κ3) is 26.9. The van der Waals surface area contributed by atoms with Gasteiger partial charge in [-0.25, -0.2) is 24.2 Å². The average molecular weight is 1670 g/mol. The Bertz CT molecular complexity index is 5970. The zero-order valence-corrected chi connectivity index (χ0v) is 70.9. The fourth-order valence-electron chi connectivity index (χ4n) is 13.5. The van der Waals surface area contributed by atoms with Crippen molar-refractivity contribution in [2.75, 3.05) is 100.0 Å². The second-order valence-electron chi connectivity index (χ2n) is 28.5. The SMILES string of the molecule is C.C1CCOC1.C1CCOC1.CC(=O)OOC(C)=O.CN1CCN(Cc2ccc3[nH]c(-c4n[nH]c5ccccc45)cc3c2)CC1.CN1CCNCC1.COC(=O)c1ccc2[nH]c(-c3n[nH]c4ccccc34)cc2c1.O=Cc1ccc2[nH]c(-c3n[nH]c4ccccc34)cc2c1.OCc1ccc2[nH]c(-c3n[nH]c4ccccc34)cc2c1.[AlH3].[B-]OC(C)=O.[H-].[Li+].[Na+]. The minimum absolute atomic E-state index is 0. The topological polar surface area (TPSA) is 361 Å². The molecule has 625 valence electrons. The van der Waals surface area contributed by atoms with Gasteiger partial charge in [-0.05, 0) is 160 Å². The summed E-state index contributed by atoms with van der Waals surface area (Å²) in [6.07, 6.45) is 5.97. The first-order valence-corrected chi connectivity index (χ1v) is 39.1. The number of ether oxygens (including phenoxy) is 3. The molecule has 0 unspecified atom stereocenters. The molecular formula is C90H105AlBLiN16NaO12. The van der Waals surface area contributed by atoms with Gasteiger partial charge in [0, 0.05) is 177 Å². The van der Waals surface area contributed by atoms with Gasteiger partial charge in [-0.1, -0.05) is 92.4 Å². The number of fused-ring (bicyclic) bond motifs is 8. The zero-order valence-electron chi connectivity index (χ0n) is 69.9. The smallest absolute Gasteiger partial charge is 1.00 e. The molecule has 4 aliphatic rings. The van der Waals surface area contributed by atoms with Crippen LogP contribution in [0.25, 0.3) is 133 Å². The van der Waals surface area contributed by atoms with Crippen LogP contribution in [0.4, 0.5) is 0 Å². The van der Waals surface area contributed by atoms with E-state index in [9.17, 15) is 29.1 Å². The summed E-state index contributed by atoms with van der Waals surface area (Å²) in [6.45, 7) is 17.9. The van der Waals surface area contributed by atoms with Gasteiger partial charge in [0.25, 0.3) is 0 Å². The number of carbonyl (C=O) groups excluding carboxylic acids is 5. The number of aliphatic hydroxyl groups is 1. The van der Waals surface area contributed by atoms with Gasteiger partial charge in [0.2, 0.25) is 5.97 Å². The predicted octanol–water partition coefficient (Wildman–Crippen LogP) is 8.03. The number of aldehydes is 1. The van der Waals surface area contributed by atoms with Crippen molar-refractivity contribution in [2.45, 2.75) is 67.0 Å². The number of aromatic amines is 8. The largest absolute Gasteiger partial charge is 1.00 e. The number of hydrogen-bond donors (Lipinski definition) is 10. The first kappa shape index (κ1) is 96.7. The van der Waals surface area contributed by atoms with Crippen molar-refractivity contribution in [1.29, 1.82) is 0 Å². The second-order valence-corrected chi connectivity index (χ2v) is 28.5. The maximum atomic E-state index is 11.6. The molecule has 0 atom stereocenters. The first-order valence-electron chi connectivity index (χ1n) is 39.1. The van der Waals surface area contributed by atoms with Gasteiger partial charge < -0.3 is 68.5 Å². The average Bonchev–Trinajstić information content (AvgIpc) is 1.69.